The fourth-order valence-electron chi connectivity index (χ4n) is 2.88. The van der Waals surface area contributed by atoms with Crippen LogP contribution in [0.5, 0.6) is 0 Å². The molecule has 0 unspecified atom stereocenters. The van der Waals surface area contributed by atoms with E-state index in [1.54, 1.807) is 24.3 Å². The highest BCUT2D eigenvalue weighted by molar-refractivity contribution is 6.34. The minimum absolute atomic E-state index is 0.140. The van der Waals surface area contributed by atoms with Gasteiger partial charge in [-0.3, -0.25) is 4.79 Å². The van der Waals surface area contributed by atoms with Crippen LogP contribution in [0.1, 0.15) is 10.4 Å². The number of carbonyl (C=O) groups excluding carboxylic acids is 1. The summed E-state index contributed by atoms with van der Waals surface area (Å²) in [6.07, 6.45) is 0. The summed E-state index contributed by atoms with van der Waals surface area (Å²) < 4.78 is 14.9. The van der Waals surface area contributed by atoms with E-state index in [0.717, 1.165) is 11.6 Å². The van der Waals surface area contributed by atoms with E-state index in [0.29, 0.717) is 27.2 Å². The van der Waals surface area contributed by atoms with Crippen LogP contribution in [0.2, 0.25) is 15.1 Å². The van der Waals surface area contributed by atoms with Gasteiger partial charge in [0.15, 0.2) is 0 Å². The Morgan fingerprint density at radius 3 is 2.40 bits per heavy atom. The molecule has 3 aromatic carbocycles. The van der Waals surface area contributed by atoms with Crippen molar-refractivity contribution in [3.05, 3.63) is 99.2 Å². The van der Waals surface area contributed by atoms with Gasteiger partial charge in [-0.05, 0) is 36.4 Å². The normalized spacial score (nSPS) is 10.8. The third kappa shape index (κ3) is 4.19. The molecule has 0 spiro atoms. The van der Waals surface area contributed by atoms with Crippen molar-refractivity contribution in [2.45, 2.75) is 0 Å². The molecule has 0 radical (unpaired) electrons. The van der Waals surface area contributed by atoms with Crippen LogP contribution in [0.25, 0.3) is 16.9 Å². The maximum absolute atomic E-state index is 13.4. The quantitative estimate of drug-likeness (QED) is 0.360. The fraction of sp³-hybridized carbons (Fsp3) is 0. The summed E-state index contributed by atoms with van der Waals surface area (Å²) in [5.41, 5.74) is 2.18. The first-order chi connectivity index (χ1) is 14.4. The molecule has 1 N–H and O–H groups in total. The van der Waals surface area contributed by atoms with Crippen LogP contribution in [-0.4, -0.2) is 15.7 Å². The van der Waals surface area contributed by atoms with Gasteiger partial charge in [-0.1, -0.05) is 65.1 Å². The van der Waals surface area contributed by atoms with Crippen molar-refractivity contribution in [1.82, 2.24) is 9.78 Å². The molecule has 0 fully saturated rings. The average Bonchev–Trinajstić information content (AvgIpc) is 3.16. The third-order valence-corrected chi connectivity index (χ3v) is 5.18. The summed E-state index contributed by atoms with van der Waals surface area (Å²) in [6, 6.07) is 19.9. The zero-order valence-corrected chi connectivity index (χ0v) is 17.5. The lowest BCUT2D eigenvalue weighted by molar-refractivity contribution is 0.102. The molecule has 0 aliphatic heterocycles. The standard InChI is InChI=1S/C22H13Cl3FN3O/c23-15-7-8-16(24)20(11-15)29-21(12-19(28-29)13-4-2-1-3-5-13)27-22(30)14-6-9-18(26)17(25)10-14/h1-12H,(H,27,30). The highest BCUT2D eigenvalue weighted by atomic mass is 35.5. The van der Waals surface area contributed by atoms with Crippen LogP contribution in [0.15, 0.2) is 72.8 Å². The minimum atomic E-state index is -0.602. The first-order valence-corrected chi connectivity index (χ1v) is 9.93. The lowest BCUT2D eigenvalue weighted by atomic mass is 10.1. The van der Waals surface area contributed by atoms with Crippen LogP contribution in [-0.2, 0) is 0 Å². The number of amides is 1. The van der Waals surface area contributed by atoms with Gasteiger partial charge in [-0.2, -0.15) is 5.10 Å². The minimum Gasteiger partial charge on any atom is -0.306 e. The first kappa shape index (κ1) is 20.4. The molecular weight excluding hydrogens is 448 g/mol. The van der Waals surface area contributed by atoms with Gasteiger partial charge in [-0.15, -0.1) is 0 Å². The number of halogens is 4. The number of benzene rings is 3. The van der Waals surface area contributed by atoms with Gasteiger partial charge < -0.3 is 5.32 Å². The van der Waals surface area contributed by atoms with Crippen molar-refractivity contribution < 1.29 is 9.18 Å². The summed E-state index contributed by atoms with van der Waals surface area (Å²) in [7, 11) is 0. The maximum Gasteiger partial charge on any atom is 0.256 e. The Morgan fingerprint density at radius 1 is 0.900 bits per heavy atom. The largest absolute Gasteiger partial charge is 0.306 e. The van der Waals surface area contributed by atoms with E-state index in [4.69, 9.17) is 34.8 Å². The van der Waals surface area contributed by atoms with Crippen molar-refractivity contribution in [3.63, 3.8) is 0 Å². The van der Waals surface area contributed by atoms with Gasteiger partial charge in [0.1, 0.15) is 11.6 Å². The average molecular weight is 461 g/mol. The molecule has 4 rings (SSSR count). The Bertz CT molecular complexity index is 1240. The van der Waals surface area contributed by atoms with E-state index in [2.05, 4.69) is 10.4 Å². The van der Waals surface area contributed by atoms with Gasteiger partial charge >= 0.3 is 0 Å². The Labute approximate surface area is 186 Å². The SMILES string of the molecule is O=C(Nc1cc(-c2ccccc2)nn1-c1cc(Cl)ccc1Cl)c1ccc(F)c(Cl)c1. The molecule has 4 nitrogen and oxygen atoms in total. The Kier molecular flexibility index (Phi) is 5.77. The van der Waals surface area contributed by atoms with Crippen LogP contribution in [0, 0.1) is 5.82 Å². The molecular formula is C22H13Cl3FN3O. The summed E-state index contributed by atoms with van der Waals surface area (Å²) in [6.45, 7) is 0. The second-order valence-electron chi connectivity index (χ2n) is 6.37. The van der Waals surface area contributed by atoms with Gasteiger partial charge in [0.2, 0.25) is 0 Å². The number of anilines is 1. The Balaban J connectivity index is 1.79. The molecule has 150 valence electrons. The highest BCUT2D eigenvalue weighted by Gasteiger charge is 2.17. The molecule has 8 heteroatoms. The van der Waals surface area contributed by atoms with Crippen LogP contribution < -0.4 is 5.32 Å². The Hall–Kier alpha value is -2.86. The van der Waals surface area contributed by atoms with Crippen molar-refractivity contribution in [1.29, 1.82) is 0 Å². The second kappa shape index (κ2) is 8.48. The fourth-order valence-corrected chi connectivity index (χ4v) is 3.42. The van der Waals surface area contributed by atoms with Gasteiger partial charge in [0.05, 0.1) is 21.4 Å². The highest BCUT2D eigenvalue weighted by Crippen LogP contribution is 2.30. The molecule has 30 heavy (non-hydrogen) atoms. The third-order valence-electron chi connectivity index (χ3n) is 4.34. The van der Waals surface area contributed by atoms with Crippen molar-refractivity contribution in [3.8, 4) is 16.9 Å². The Morgan fingerprint density at radius 2 is 1.67 bits per heavy atom. The predicted molar refractivity (Wildman–Crippen MR) is 118 cm³/mol. The number of hydrogen-bond acceptors (Lipinski definition) is 2. The summed E-state index contributed by atoms with van der Waals surface area (Å²) in [5, 5.41) is 8.12. The number of nitrogens with one attached hydrogen (secondary N) is 1. The van der Waals surface area contributed by atoms with E-state index < -0.39 is 11.7 Å². The van der Waals surface area contributed by atoms with E-state index in [-0.39, 0.29) is 10.6 Å². The van der Waals surface area contributed by atoms with Crippen molar-refractivity contribution in [2.24, 2.45) is 0 Å². The van der Waals surface area contributed by atoms with Crippen LogP contribution in [0.3, 0.4) is 0 Å². The molecule has 0 bridgehead atoms. The lowest BCUT2D eigenvalue weighted by Gasteiger charge is -2.11. The molecule has 4 aromatic rings. The smallest absolute Gasteiger partial charge is 0.256 e. The molecule has 0 aliphatic carbocycles. The number of carbonyl (C=O) groups is 1. The van der Waals surface area contributed by atoms with E-state index >= 15 is 0 Å². The molecule has 0 aliphatic rings. The second-order valence-corrected chi connectivity index (χ2v) is 7.62. The van der Waals surface area contributed by atoms with E-state index in [1.807, 2.05) is 30.3 Å². The zero-order chi connectivity index (χ0) is 21.3. The van der Waals surface area contributed by atoms with Crippen LogP contribution >= 0.6 is 34.8 Å². The number of nitrogens with zero attached hydrogens (tertiary/aromatic N) is 2. The maximum atomic E-state index is 13.4. The molecule has 0 saturated carbocycles. The number of aromatic nitrogens is 2. The van der Waals surface area contributed by atoms with Gasteiger partial charge in [0, 0.05) is 22.2 Å². The molecule has 1 amide bonds. The topological polar surface area (TPSA) is 46.9 Å². The summed E-state index contributed by atoms with van der Waals surface area (Å²) in [4.78, 5) is 12.8. The molecule has 0 saturated heterocycles. The van der Waals surface area contributed by atoms with Crippen molar-refractivity contribution in [2.75, 3.05) is 5.32 Å². The van der Waals surface area contributed by atoms with Crippen LogP contribution in [0.4, 0.5) is 10.2 Å². The monoisotopic (exact) mass is 459 g/mol. The van der Waals surface area contributed by atoms with Gasteiger partial charge in [-0.25, -0.2) is 9.07 Å². The zero-order valence-electron chi connectivity index (χ0n) is 15.2. The summed E-state index contributed by atoms with van der Waals surface area (Å²) in [5.74, 6) is -0.713. The lowest BCUT2D eigenvalue weighted by Crippen LogP contribution is -2.15. The molecule has 0 atom stereocenters. The summed E-state index contributed by atoms with van der Waals surface area (Å²) >= 11 is 18.3. The molecule has 1 aromatic heterocycles. The van der Waals surface area contributed by atoms with E-state index in [9.17, 15) is 9.18 Å². The van der Waals surface area contributed by atoms with E-state index in [1.165, 1.54) is 16.8 Å². The predicted octanol–water partition coefficient (Wildman–Crippen LogP) is 6.89. The number of hydrogen-bond donors (Lipinski definition) is 1. The number of rotatable bonds is 4. The molecule has 1 heterocycles. The first-order valence-electron chi connectivity index (χ1n) is 8.79. The van der Waals surface area contributed by atoms with Crippen molar-refractivity contribution >= 4 is 46.5 Å². The van der Waals surface area contributed by atoms with Gasteiger partial charge in [0.25, 0.3) is 5.91 Å².